The third-order valence-electron chi connectivity index (χ3n) is 6.66. The minimum atomic E-state index is -3.90. The average Bonchev–Trinajstić information content (AvgIpc) is 3.38. The zero-order chi connectivity index (χ0) is 26.6. The first-order chi connectivity index (χ1) is 17.6. The number of benzene rings is 2. The molecule has 1 N–H and O–H groups in total. The highest BCUT2D eigenvalue weighted by atomic mass is 32.2. The second kappa shape index (κ2) is 11.4. The summed E-state index contributed by atoms with van der Waals surface area (Å²) in [7, 11) is -3.90. The minimum Gasteiger partial charge on any atom is -0.486 e. The zero-order valence-electron chi connectivity index (χ0n) is 21.0. The summed E-state index contributed by atoms with van der Waals surface area (Å²) in [6, 6.07) is 9.68. The predicted octanol–water partition coefficient (Wildman–Crippen LogP) is 2.84. The first kappa shape index (κ1) is 26.7. The van der Waals surface area contributed by atoms with Crippen LogP contribution in [-0.2, 0) is 26.2 Å². The molecule has 9 nitrogen and oxygen atoms in total. The van der Waals surface area contributed by atoms with Crippen LogP contribution in [0.4, 0.5) is 10.1 Å². The van der Waals surface area contributed by atoms with Crippen molar-refractivity contribution in [3.8, 4) is 11.5 Å². The van der Waals surface area contributed by atoms with E-state index in [1.54, 1.807) is 19.1 Å². The number of anilines is 1. The summed E-state index contributed by atoms with van der Waals surface area (Å²) in [4.78, 5) is 27.9. The fourth-order valence-corrected chi connectivity index (χ4v) is 5.43. The molecule has 1 aliphatic heterocycles. The number of carbonyl (C=O) groups excluding carboxylic acids is 2. The first-order valence-electron chi connectivity index (χ1n) is 12.3. The number of hydrogen-bond donors (Lipinski definition) is 1. The van der Waals surface area contributed by atoms with E-state index in [9.17, 15) is 22.4 Å². The van der Waals surface area contributed by atoms with E-state index in [0.29, 0.717) is 24.7 Å². The van der Waals surface area contributed by atoms with Gasteiger partial charge < -0.3 is 19.7 Å². The van der Waals surface area contributed by atoms with Crippen molar-refractivity contribution in [2.75, 3.05) is 30.3 Å². The smallest absolute Gasteiger partial charge is 0.244 e. The van der Waals surface area contributed by atoms with Crippen LogP contribution in [0.15, 0.2) is 42.5 Å². The zero-order valence-corrected chi connectivity index (χ0v) is 21.8. The summed E-state index contributed by atoms with van der Waals surface area (Å²) in [6.07, 6.45) is 4.78. The maximum Gasteiger partial charge on any atom is 0.244 e. The third-order valence-corrected chi connectivity index (χ3v) is 7.80. The van der Waals surface area contributed by atoms with Gasteiger partial charge in [-0.05, 0) is 38.0 Å². The molecule has 1 saturated carbocycles. The molecular formula is C26H32FN3O6S. The molecule has 1 heterocycles. The Kier molecular flexibility index (Phi) is 8.21. The molecule has 1 fully saturated rings. The normalized spacial score (nSPS) is 16.2. The Hall–Kier alpha value is -3.34. The van der Waals surface area contributed by atoms with E-state index in [1.807, 2.05) is 0 Å². The topological polar surface area (TPSA) is 105 Å². The van der Waals surface area contributed by atoms with Gasteiger partial charge in [0.05, 0.1) is 11.9 Å². The fraction of sp³-hybridized carbons (Fsp3) is 0.462. The molecule has 0 unspecified atom stereocenters. The number of carbonyl (C=O) groups is 2. The molecule has 0 radical (unpaired) electrons. The van der Waals surface area contributed by atoms with E-state index in [4.69, 9.17) is 9.47 Å². The summed E-state index contributed by atoms with van der Waals surface area (Å²) in [6.45, 7) is 1.50. The molecular weight excluding hydrogens is 501 g/mol. The van der Waals surface area contributed by atoms with Crippen molar-refractivity contribution in [2.24, 2.45) is 0 Å². The quantitative estimate of drug-likeness (QED) is 0.532. The molecule has 4 rings (SSSR count). The number of rotatable bonds is 9. The Bertz CT molecular complexity index is 1250. The Morgan fingerprint density at radius 2 is 1.76 bits per heavy atom. The van der Waals surface area contributed by atoms with Gasteiger partial charge in [0.2, 0.25) is 21.8 Å². The van der Waals surface area contributed by atoms with E-state index in [1.165, 1.54) is 35.2 Å². The Morgan fingerprint density at radius 3 is 2.43 bits per heavy atom. The standard InChI is InChI=1S/C26H32FN3O6S/c1-18(26(32)28-20-8-4-5-9-20)29(16-19-7-3-6-10-22(19)27)25(31)17-30(37(2,33)34)21-11-12-23-24(15-21)36-14-13-35-23/h3,6-7,10-12,15,18,20H,4-5,8-9,13-14,16-17H2,1-2H3,(H,28,32)/t18-/m0/s1. The van der Waals surface area contributed by atoms with Crippen LogP contribution < -0.4 is 19.1 Å². The van der Waals surface area contributed by atoms with Gasteiger partial charge >= 0.3 is 0 Å². The van der Waals surface area contributed by atoms with Crippen LogP contribution in [0, 0.1) is 5.82 Å². The number of sulfonamides is 1. The number of halogens is 1. The van der Waals surface area contributed by atoms with Crippen LogP contribution in [0.2, 0.25) is 0 Å². The molecule has 2 aliphatic rings. The average molecular weight is 534 g/mol. The van der Waals surface area contributed by atoms with Gasteiger partial charge in [0.1, 0.15) is 31.6 Å². The van der Waals surface area contributed by atoms with Crippen molar-refractivity contribution >= 4 is 27.5 Å². The van der Waals surface area contributed by atoms with Crippen molar-refractivity contribution in [3.63, 3.8) is 0 Å². The Labute approximate surface area is 216 Å². The number of amides is 2. The van der Waals surface area contributed by atoms with Crippen molar-refractivity contribution in [3.05, 3.63) is 53.8 Å². The molecule has 11 heteroatoms. The highest BCUT2D eigenvalue weighted by Crippen LogP contribution is 2.34. The van der Waals surface area contributed by atoms with Crippen LogP contribution in [0.25, 0.3) is 0 Å². The number of fused-ring (bicyclic) bond motifs is 1. The summed E-state index contributed by atoms with van der Waals surface area (Å²) in [5.41, 5.74) is 0.440. The van der Waals surface area contributed by atoms with E-state index in [-0.39, 0.29) is 29.7 Å². The monoisotopic (exact) mass is 533 g/mol. The SMILES string of the molecule is C[C@@H](C(=O)NC1CCCC1)N(Cc1ccccc1F)C(=O)CN(c1ccc2c(c1)OCCO2)S(C)(=O)=O. The van der Waals surface area contributed by atoms with Crippen LogP contribution in [0.1, 0.15) is 38.2 Å². The van der Waals surface area contributed by atoms with E-state index in [0.717, 1.165) is 36.2 Å². The van der Waals surface area contributed by atoms with Gasteiger partial charge in [-0.25, -0.2) is 12.8 Å². The molecule has 2 aromatic carbocycles. The Balaban J connectivity index is 1.61. The van der Waals surface area contributed by atoms with Crippen molar-refractivity contribution in [2.45, 2.75) is 51.2 Å². The van der Waals surface area contributed by atoms with Gasteiger partial charge in [-0.15, -0.1) is 0 Å². The number of hydrogen-bond acceptors (Lipinski definition) is 6. The largest absolute Gasteiger partial charge is 0.486 e. The third kappa shape index (κ3) is 6.51. The van der Waals surface area contributed by atoms with Crippen LogP contribution in [-0.4, -0.2) is 63.2 Å². The molecule has 0 bridgehead atoms. The fourth-order valence-electron chi connectivity index (χ4n) is 4.59. The second-order valence-corrected chi connectivity index (χ2v) is 11.3. The highest BCUT2D eigenvalue weighted by molar-refractivity contribution is 7.92. The maximum absolute atomic E-state index is 14.5. The highest BCUT2D eigenvalue weighted by Gasteiger charge is 2.32. The minimum absolute atomic E-state index is 0.0330. The summed E-state index contributed by atoms with van der Waals surface area (Å²) >= 11 is 0. The lowest BCUT2D eigenvalue weighted by Crippen LogP contribution is -2.52. The van der Waals surface area contributed by atoms with E-state index >= 15 is 0 Å². The van der Waals surface area contributed by atoms with Crippen LogP contribution >= 0.6 is 0 Å². The van der Waals surface area contributed by atoms with Crippen LogP contribution in [0.3, 0.4) is 0 Å². The molecule has 0 spiro atoms. The van der Waals surface area contributed by atoms with Gasteiger partial charge in [0.25, 0.3) is 0 Å². The molecule has 2 amide bonds. The van der Waals surface area contributed by atoms with Gasteiger partial charge in [-0.2, -0.15) is 0 Å². The molecule has 1 aliphatic carbocycles. The first-order valence-corrected chi connectivity index (χ1v) is 14.2. The molecule has 0 saturated heterocycles. The lowest BCUT2D eigenvalue weighted by molar-refractivity contribution is -0.139. The Morgan fingerprint density at radius 1 is 1.08 bits per heavy atom. The summed E-state index contributed by atoms with van der Waals surface area (Å²) in [5, 5.41) is 2.97. The number of nitrogens with one attached hydrogen (secondary N) is 1. The van der Waals surface area contributed by atoms with Gasteiger partial charge in [-0.1, -0.05) is 31.0 Å². The van der Waals surface area contributed by atoms with E-state index < -0.39 is 34.3 Å². The summed E-state index contributed by atoms with van der Waals surface area (Å²) < 4.78 is 52.0. The maximum atomic E-state index is 14.5. The lowest BCUT2D eigenvalue weighted by Gasteiger charge is -2.32. The van der Waals surface area contributed by atoms with Crippen molar-refractivity contribution in [1.29, 1.82) is 0 Å². The van der Waals surface area contributed by atoms with Crippen molar-refractivity contribution in [1.82, 2.24) is 10.2 Å². The summed E-state index contributed by atoms with van der Waals surface area (Å²) in [5.74, 6) is -0.666. The number of nitrogens with zero attached hydrogens (tertiary/aromatic N) is 2. The number of ether oxygens (including phenoxy) is 2. The molecule has 37 heavy (non-hydrogen) atoms. The van der Waals surface area contributed by atoms with E-state index in [2.05, 4.69) is 5.32 Å². The van der Waals surface area contributed by atoms with Gasteiger partial charge in [0, 0.05) is 24.2 Å². The van der Waals surface area contributed by atoms with Gasteiger partial charge in [-0.3, -0.25) is 13.9 Å². The molecule has 0 aromatic heterocycles. The van der Waals surface area contributed by atoms with Crippen molar-refractivity contribution < 1.29 is 31.9 Å². The predicted molar refractivity (Wildman–Crippen MR) is 136 cm³/mol. The lowest BCUT2D eigenvalue weighted by atomic mass is 10.1. The molecule has 1 atom stereocenters. The molecule has 2 aromatic rings. The van der Waals surface area contributed by atoms with Gasteiger partial charge in [0.15, 0.2) is 11.5 Å². The van der Waals surface area contributed by atoms with Crippen LogP contribution in [0.5, 0.6) is 11.5 Å². The second-order valence-electron chi connectivity index (χ2n) is 9.38. The molecule has 200 valence electrons.